The predicted octanol–water partition coefficient (Wildman–Crippen LogP) is 4.77. The van der Waals surface area contributed by atoms with Crippen molar-refractivity contribution >= 4 is 22.8 Å². The zero-order chi connectivity index (χ0) is 21.7. The SMILES string of the molecule is CC(C)c1ccc(-c2cc3c4nn(Cc5ccc(F)cc5Cl)c(=O)n4ccn3n2)cc1. The van der Waals surface area contributed by atoms with Crippen molar-refractivity contribution in [1.82, 2.24) is 23.8 Å². The molecule has 0 saturated heterocycles. The van der Waals surface area contributed by atoms with E-state index in [1.165, 1.54) is 26.8 Å². The first kappa shape index (κ1) is 19.5. The van der Waals surface area contributed by atoms with Gasteiger partial charge in [0.05, 0.1) is 12.2 Å². The van der Waals surface area contributed by atoms with Gasteiger partial charge in [0.2, 0.25) is 0 Å². The molecule has 0 unspecified atom stereocenters. The van der Waals surface area contributed by atoms with E-state index >= 15 is 0 Å². The van der Waals surface area contributed by atoms with Gasteiger partial charge in [-0.25, -0.2) is 22.8 Å². The summed E-state index contributed by atoms with van der Waals surface area (Å²) in [7, 11) is 0. The van der Waals surface area contributed by atoms with Crippen molar-refractivity contribution in [3.05, 3.63) is 93.4 Å². The predicted molar refractivity (Wildman–Crippen MR) is 118 cm³/mol. The average Bonchev–Trinajstić information content (AvgIpc) is 3.32. The van der Waals surface area contributed by atoms with Gasteiger partial charge in [-0.15, -0.1) is 5.10 Å². The number of fused-ring (bicyclic) bond motifs is 3. The molecule has 0 amide bonds. The van der Waals surface area contributed by atoms with Crippen LogP contribution in [0.2, 0.25) is 5.02 Å². The van der Waals surface area contributed by atoms with Crippen LogP contribution < -0.4 is 5.69 Å². The maximum absolute atomic E-state index is 13.3. The molecule has 0 aliphatic heterocycles. The van der Waals surface area contributed by atoms with Crippen LogP contribution in [-0.2, 0) is 6.54 Å². The molecule has 0 N–H and O–H groups in total. The van der Waals surface area contributed by atoms with E-state index in [0.29, 0.717) is 22.6 Å². The lowest BCUT2D eigenvalue weighted by molar-refractivity contribution is 0.622. The molecule has 31 heavy (non-hydrogen) atoms. The molecule has 0 atom stereocenters. The third-order valence-electron chi connectivity index (χ3n) is 5.40. The Bertz CT molecular complexity index is 1480. The van der Waals surface area contributed by atoms with Gasteiger partial charge in [0, 0.05) is 23.0 Å². The van der Waals surface area contributed by atoms with E-state index in [1.807, 2.05) is 6.07 Å². The Hall–Kier alpha value is -3.45. The highest BCUT2D eigenvalue weighted by Crippen LogP contribution is 2.24. The molecule has 0 radical (unpaired) electrons. The summed E-state index contributed by atoms with van der Waals surface area (Å²) in [4.78, 5) is 12.8. The number of halogens is 2. The van der Waals surface area contributed by atoms with Crippen LogP contribution in [0.15, 0.2) is 65.7 Å². The summed E-state index contributed by atoms with van der Waals surface area (Å²) in [6, 6.07) is 14.3. The van der Waals surface area contributed by atoms with Gasteiger partial charge in [-0.2, -0.15) is 5.10 Å². The third kappa shape index (κ3) is 3.41. The largest absolute Gasteiger partial charge is 0.350 e. The highest BCUT2D eigenvalue weighted by atomic mass is 35.5. The molecule has 2 aromatic carbocycles. The molecule has 8 heteroatoms. The van der Waals surface area contributed by atoms with Crippen LogP contribution >= 0.6 is 11.6 Å². The van der Waals surface area contributed by atoms with Crippen molar-refractivity contribution in [3.8, 4) is 11.3 Å². The molecule has 0 aliphatic rings. The summed E-state index contributed by atoms with van der Waals surface area (Å²) in [5.41, 5.74) is 4.57. The number of hydrogen-bond donors (Lipinski definition) is 0. The lowest BCUT2D eigenvalue weighted by Gasteiger charge is -2.05. The maximum Gasteiger partial charge on any atom is 0.350 e. The number of aromatic nitrogens is 5. The van der Waals surface area contributed by atoms with Gasteiger partial charge in [0.15, 0.2) is 5.65 Å². The molecule has 6 nitrogen and oxygen atoms in total. The van der Waals surface area contributed by atoms with E-state index in [-0.39, 0.29) is 17.3 Å². The van der Waals surface area contributed by atoms with Crippen molar-refractivity contribution in [3.63, 3.8) is 0 Å². The van der Waals surface area contributed by atoms with Crippen molar-refractivity contribution in [2.45, 2.75) is 26.3 Å². The van der Waals surface area contributed by atoms with E-state index in [9.17, 15) is 9.18 Å². The van der Waals surface area contributed by atoms with E-state index in [2.05, 4.69) is 48.3 Å². The van der Waals surface area contributed by atoms with Crippen LogP contribution in [0.1, 0.15) is 30.9 Å². The average molecular weight is 436 g/mol. The minimum absolute atomic E-state index is 0.142. The molecule has 156 valence electrons. The van der Waals surface area contributed by atoms with Gasteiger partial charge in [0.25, 0.3) is 0 Å². The van der Waals surface area contributed by atoms with Crippen molar-refractivity contribution in [2.75, 3.05) is 0 Å². The Morgan fingerprint density at radius 3 is 2.52 bits per heavy atom. The zero-order valence-corrected chi connectivity index (χ0v) is 17.7. The number of benzene rings is 2. The molecule has 0 saturated carbocycles. The first-order valence-corrected chi connectivity index (χ1v) is 10.3. The molecule has 0 bridgehead atoms. The molecule has 5 aromatic rings. The third-order valence-corrected chi connectivity index (χ3v) is 5.75. The quantitative estimate of drug-likeness (QED) is 0.408. The smallest absolute Gasteiger partial charge is 0.247 e. The molecular formula is C23H19ClFN5O. The Morgan fingerprint density at radius 1 is 1.03 bits per heavy atom. The van der Waals surface area contributed by atoms with Gasteiger partial charge < -0.3 is 0 Å². The van der Waals surface area contributed by atoms with Gasteiger partial charge in [0.1, 0.15) is 11.3 Å². The molecule has 0 spiro atoms. The Kier molecular flexibility index (Phi) is 4.63. The number of rotatable bonds is 4. The first-order chi connectivity index (χ1) is 14.9. The number of nitrogens with zero attached hydrogens (tertiary/aromatic N) is 5. The van der Waals surface area contributed by atoms with E-state index in [1.54, 1.807) is 23.0 Å². The summed E-state index contributed by atoms with van der Waals surface area (Å²) >= 11 is 6.12. The van der Waals surface area contributed by atoms with E-state index in [4.69, 9.17) is 11.6 Å². The second kappa shape index (κ2) is 7.35. The van der Waals surface area contributed by atoms with Crippen molar-refractivity contribution in [2.24, 2.45) is 0 Å². The van der Waals surface area contributed by atoms with Crippen LogP contribution in [0.25, 0.3) is 22.4 Å². The van der Waals surface area contributed by atoms with Gasteiger partial charge >= 0.3 is 5.69 Å². The Morgan fingerprint density at radius 2 is 1.81 bits per heavy atom. The minimum Gasteiger partial charge on any atom is -0.247 e. The molecule has 0 fully saturated rings. The Balaban J connectivity index is 1.58. The molecule has 0 aliphatic carbocycles. The van der Waals surface area contributed by atoms with Gasteiger partial charge in [-0.3, -0.25) is 0 Å². The van der Waals surface area contributed by atoms with Crippen LogP contribution in [0.5, 0.6) is 0 Å². The molecule has 3 heterocycles. The summed E-state index contributed by atoms with van der Waals surface area (Å²) in [6.07, 6.45) is 3.37. The fourth-order valence-corrected chi connectivity index (χ4v) is 3.86. The van der Waals surface area contributed by atoms with Gasteiger partial charge in [-0.05, 0) is 35.2 Å². The van der Waals surface area contributed by atoms with Gasteiger partial charge in [-0.1, -0.05) is 55.8 Å². The van der Waals surface area contributed by atoms with Crippen molar-refractivity contribution in [1.29, 1.82) is 0 Å². The van der Waals surface area contributed by atoms with Crippen LogP contribution in [0, 0.1) is 5.82 Å². The summed E-state index contributed by atoms with van der Waals surface area (Å²) in [5.74, 6) is 0.0335. The topological polar surface area (TPSA) is 56.6 Å². The molecular weight excluding hydrogens is 417 g/mol. The second-order valence-electron chi connectivity index (χ2n) is 7.80. The standard InChI is InChI=1S/C23H19ClFN5O/c1-14(2)15-3-5-16(6-4-15)20-12-21-22-27-30(13-17-7-8-18(25)11-19(17)24)23(31)28(22)9-10-29(21)26-20/h3-12,14H,13H2,1-2H3. The number of hydrogen-bond acceptors (Lipinski definition) is 3. The van der Waals surface area contributed by atoms with Crippen LogP contribution in [0.3, 0.4) is 0 Å². The van der Waals surface area contributed by atoms with E-state index < -0.39 is 5.82 Å². The van der Waals surface area contributed by atoms with Crippen LogP contribution in [0.4, 0.5) is 4.39 Å². The zero-order valence-electron chi connectivity index (χ0n) is 17.0. The normalized spacial score (nSPS) is 11.8. The van der Waals surface area contributed by atoms with Crippen molar-refractivity contribution < 1.29 is 4.39 Å². The fourth-order valence-electron chi connectivity index (χ4n) is 3.63. The lowest BCUT2D eigenvalue weighted by Crippen LogP contribution is -2.21. The minimum atomic E-state index is -0.425. The summed E-state index contributed by atoms with van der Waals surface area (Å²) < 4.78 is 17.8. The second-order valence-corrected chi connectivity index (χ2v) is 8.21. The first-order valence-electron chi connectivity index (χ1n) is 9.92. The van der Waals surface area contributed by atoms with E-state index in [0.717, 1.165) is 11.3 Å². The lowest BCUT2D eigenvalue weighted by atomic mass is 10.0. The van der Waals surface area contributed by atoms with Crippen LogP contribution in [-0.4, -0.2) is 23.8 Å². The summed E-state index contributed by atoms with van der Waals surface area (Å²) in [6.45, 7) is 4.46. The monoisotopic (exact) mass is 435 g/mol. The molecule has 3 aromatic heterocycles. The maximum atomic E-state index is 13.3. The highest BCUT2D eigenvalue weighted by molar-refractivity contribution is 6.31. The molecule has 5 rings (SSSR count). The Labute approximate surface area is 182 Å². The highest BCUT2D eigenvalue weighted by Gasteiger charge is 2.15. The summed E-state index contributed by atoms with van der Waals surface area (Å²) in [5, 5.41) is 9.40. The fraction of sp³-hybridized carbons (Fsp3) is 0.174.